The lowest BCUT2D eigenvalue weighted by atomic mass is 10.1. The normalized spacial score (nSPS) is 10.9. The highest BCUT2D eigenvalue weighted by atomic mass is 16.3. The van der Waals surface area contributed by atoms with Crippen molar-refractivity contribution >= 4 is 5.69 Å². The molecule has 1 heterocycles. The standard InChI is InChI=1S/C15H20N2O/c1-12-8-9-18-15(12)10-16-14-7-5-4-6-13(14)11-17(2)3/h4-9,16H,10-11H2,1-3H3. The third-order valence-corrected chi connectivity index (χ3v) is 2.91. The van der Waals surface area contributed by atoms with Crippen molar-refractivity contribution in [1.82, 2.24) is 4.90 Å². The molecule has 18 heavy (non-hydrogen) atoms. The van der Waals surface area contributed by atoms with E-state index >= 15 is 0 Å². The van der Waals surface area contributed by atoms with E-state index in [1.54, 1.807) is 6.26 Å². The molecule has 0 aliphatic carbocycles. The molecule has 0 atom stereocenters. The molecule has 1 aromatic heterocycles. The molecule has 0 fully saturated rings. The number of nitrogens with zero attached hydrogens (tertiary/aromatic N) is 1. The van der Waals surface area contributed by atoms with E-state index in [4.69, 9.17) is 4.42 Å². The van der Waals surface area contributed by atoms with E-state index < -0.39 is 0 Å². The van der Waals surface area contributed by atoms with Crippen LogP contribution in [0.15, 0.2) is 41.0 Å². The highest BCUT2D eigenvalue weighted by Gasteiger charge is 2.05. The van der Waals surface area contributed by atoms with Gasteiger partial charge in [0.25, 0.3) is 0 Å². The molecule has 3 heteroatoms. The lowest BCUT2D eigenvalue weighted by Crippen LogP contribution is -2.12. The Morgan fingerprint density at radius 1 is 1.17 bits per heavy atom. The van der Waals surface area contributed by atoms with Crippen molar-refractivity contribution in [2.75, 3.05) is 19.4 Å². The Labute approximate surface area is 108 Å². The number of anilines is 1. The number of hydrogen-bond acceptors (Lipinski definition) is 3. The van der Waals surface area contributed by atoms with Gasteiger partial charge in [0.15, 0.2) is 0 Å². The average Bonchev–Trinajstić information content (AvgIpc) is 2.73. The molecular weight excluding hydrogens is 224 g/mol. The lowest BCUT2D eigenvalue weighted by molar-refractivity contribution is 0.403. The zero-order chi connectivity index (χ0) is 13.0. The fourth-order valence-corrected chi connectivity index (χ4v) is 1.93. The first-order valence-corrected chi connectivity index (χ1v) is 6.16. The van der Waals surface area contributed by atoms with Crippen molar-refractivity contribution in [1.29, 1.82) is 0 Å². The van der Waals surface area contributed by atoms with Crippen LogP contribution in [0.25, 0.3) is 0 Å². The predicted molar refractivity (Wildman–Crippen MR) is 74.6 cm³/mol. The fourth-order valence-electron chi connectivity index (χ4n) is 1.93. The van der Waals surface area contributed by atoms with Gasteiger partial charge in [-0.2, -0.15) is 0 Å². The maximum absolute atomic E-state index is 5.43. The van der Waals surface area contributed by atoms with E-state index in [2.05, 4.69) is 55.5 Å². The molecule has 0 unspecified atom stereocenters. The Morgan fingerprint density at radius 3 is 2.61 bits per heavy atom. The van der Waals surface area contributed by atoms with E-state index in [1.165, 1.54) is 16.8 Å². The highest BCUT2D eigenvalue weighted by Crippen LogP contribution is 2.18. The second-order valence-electron chi connectivity index (χ2n) is 4.78. The van der Waals surface area contributed by atoms with Crippen LogP contribution in [-0.2, 0) is 13.1 Å². The van der Waals surface area contributed by atoms with Crippen LogP contribution in [0.1, 0.15) is 16.9 Å². The third-order valence-electron chi connectivity index (χ3n) is 2.91. The maximum Gasteiger partial charge on any atom is 0.125 e. The smallest absolute Gasteiger partial charge is 0.125 e. The molecule has 2 aromatic rings. The molecule has 0 aliphatic heterocycles. The summed E-state index contributed by atoms with van der Waals surface area (Å²) in [6, 6.07) is 10.4. The number of aryl methyl sites for hydroxylation is 1. The number of para-hydroxylation sites is 1. The molecule has 0 aliphatic rings. The van der Waals surface area contributed by atoms with Crippen molar-refractivity contribution in [2.45, 2.75) is 20.0 Å². The Hall–Kier alpha value is -1.74. The third kappa shape index (κ3) is 3.14. The largest absolute Gasteiger partial charge is 0.467 e. The van der Waals surface area contributed by atoms with Gasteiger partial charge in [-0.05, 0) is 44.3 Å². The molecule has 3 nitrogen and oxygen atoms in total. The maximum atomic E-state index is 5.43. The molecule has 0 saturated carbocycles. The fraction of sp³-hybridized carbons (Fsp3) is 0.333. The molecule has 1 aromatic carbocycles. The summed E-state index contributed by atoms with van der Waals surface area (Å²) in [4.78, 5) is 2.17. The second-order valence-corrected chi connectivity index (χ2v) is 4.78. The van der Waals surface area contributed by atoms with Crippen molar-refractivity contribution in [3.8, 4) is 0 Å². The van der Waals surface area contributed by atoms with Gasteiger partial charge >= 0.3 is 0 Å². The van der Waals surface area contributed by atoms with Crippen LogP contribution in [0.4, 0.5) is 5.69 Å². The first-order valence-electron chi connectivity index (χ1n) is 6.16. The monoisotopic (exact) mass is 244 g/mol. The van der Waals surface area contributed by atoms with E-state index in [0.29, 0.717) is 0 Å². The van der Waals surface area contributed by atoms with Crippen molar-refractivity contribution in [3.63, 3.8) is 0 Å². The zero-order valence-electron chi connectivity index (χ0n) is 11.2. The van der Waals surface area contributed by atoms with E-state index in [9.17, 15) is 0 Å². The van der Waals surface area contributed by atoms with Gasteiger partial charge < -0.3 is 14.6 Å². The minimum absolute atomic E-state index is 0.725. The van der Waals surface area contributed by atoms with Crippen LogP contribution in [0, 0.1) is 6.92 Å². The molecular formula is C15H20N2O. The van der Waals surface area contributed by atoms with Crippen LogP contribution >= 0.6 is 0 Å². The van der Waals surface area contributed by atoms with Crippen molar-refractivity contribution in [2.24, 2.45) is 0 Å². The van der Waals surface area contributed by atoms with Gasteiger partial charge in [0.05, 0.1) is 12.8 Å². The summed E-state index contributed by atoms with van der Waals surface area (Å²) in [5.41, 5.74) is 3.65. The summed E-state index contributed by atoms with van der Waals surface area (Å²) >= 11 is 0. The minimum atomic E-state index is 0.725. The number of rotatable bonds is 5. The molecule has 0 bridgehead atoms. The van der Waals surface area contributed by atoms with Crippen molar-refractivity contribution < 1.29 is 4.42 Å². The SMILES string of the molecule is Cc1ccoc1CNc1ccccc1CN(C)C. The van der Waals surface area contributed by atoms with Gasteiger partial charge in [0.1, 0.15) is 5.76 Å². The number of furan rings is 1. The molecule has 0 saturated heterocycles. The van der Waals surface area contributed by atoms with Gasteiger partial charge in [-0.3, -0.25) is 0 Å². The van der Waals surface area contributed by atoms with Crippen LogP contribution in [0.3, 0.4) is 0 Å². The number of hydrogen-bond donors (Lipinski definition) is 1. The zero-order valence-corrected chi connectivity index (χ0v) is 11.2. The van der Waals surface area contributed by atoms with E-state index in [0.717, 1.165) is 18.8 Å². The Bertz CT molecular complexity index is 503. The summed E-state index contributed by atoms with van der Waals surface area (Å²) in [5, 5.41) is 3.44. The first-order chi connectivity index (χ1) is 8.66. The summed E-state index contributed by atoms with van der Waals surface area (Å²) in [6.07, 6.45) is 1.73. The number of nitrogens with one attached hydrogen (secondary N) is 1. The van der Waals surface area contributed by atoms with Crippen LogP contribution in [0.2, 0.25) is 0 Å². The Balaban J connectivity index is 2.07. The topological polar surface area (TPSA) is 28.4 Å². The first kappa shape index (κ1) is 12.7. The summed E-state index contributed by atoms with van der Waals surface area (Å²) < 4.78 is 5.43. The highest BCUT2D eigenvalue weighted by molar-refractivity contribution is 5.51. The van der Waals surface area contributed by atoms with E-state index in [1.807, 2.05) is 6.07 Å². The molecule has 1 N–H and O–H groups in total. The predicted octanol–water partition coefficient (Wildman–Crippen LogP) is 3.26. The lowest BCUT2D eigenvalue weighted by Gasteiger charge is -2.15. The molecule has 0 spiro atoms. The molecule has 96 valence electrons. The Kier molecular flexibility index (Phi) is 4.05. The van der Waals surface area contributed by atoms with Gasteiger partial charge in [0, 0.05) is 12.2 Å². The van der Waals surface area contributed by atoms with Gasteiger partial charge in [-0.25, -0.2) is 0 Å². The quantitative estimate of drug-likeness (QED) is 0.875. The van der Waals surface area contributed by atoms with Crippen LogP contribution in [-0.4, -0.2) is 19.0 Å². The number of benzene rings is 1. The minimum Gasteiger partial charge on any atom is -0.467 e. The second kappa shape index (κ2) is 5.74. The van der Waals surface area contributed by atoms with Gasteiger partial charge in [-0.1, -0.05) is 18.2 Å². The summed E-state index contributed by atoms with van der Waals surface area (Å²) in [7, 11) is 4.15. The van der Waals surface area contributed by atoms with Gasteiger partial charge in [0.2, 0.25) is 0 Å². The van der Waals surface area contributed by atoms with Crippen molar-refractivity contribution in [3.05, 3.63) is 53.5 Å². The summed E-state index contributed by atoms with van der Waals surface area (Å²) in [5.74, 6) is 0.995. The van der Waals surface area contributed by atoms with E-state index in [-0.39, 0.29) is 0 Å². The average molecular weight is 244 g/mol. The molecule has 2 rings (SSSR count). The summed E-state index contributed by atoms with van der Waals surface area (Å²) in [6.45, 7) is 3.72. The Morgan fingerprint density at radius 2 is 1.94 bits per heavy atom. The molecule has 0 radical (unpaired) electrons. The van der Waals surface area contributed by atoms with Crippen LogP contribution < -0.4 is 5.32 Å². The van der Waals surface area contributed by atoms with Gasteiger partial charge in [-0.15, -0.1) is 0 Å². The molecule has 0 amide bonds. The van der Waals surface area contributed by atoms with Crippen LogP contribution in [0.5, 0.6) is 0 Å².